The minimum absolute atomic E-state index is 0.281. The van der Waals surface area contributed by atoms with Crippen molar-refractivity contribution in [1.82, 2.24) is 9.88 Å². The average Bonchev–Trinajstić information content (AvgIpc) is 2.39. The molecule has 0 bridgehead atoms. The Labute approximate surface area is 100 Å². The molecule has 17 heavy (non-hydrogen) atoms. The van der Waals surface area contributed by atoms with Crippen LogP contribution in [0.5, 0.6) is 0 Å². The summed E-state index contributed by atoms with van der Waals surface area (Å²) in [6, 6.07) is 3.64. The van der Waals surface area contributed by atoms with E-state index in [1.54, 1.807) is 39.2 Å². The summed E-state index contributed by atoms with van der Waals surface area (Å²) < 4.78 is 5.17. The first-order valence-corrected chi connectivity index (χ1v) is 5.46. The van der Waals surface area contributed by atoms with Crippen LogP contribution >= 0.6 is 0 Å². The lowest BCUT2D eigenvalue weighted by atomic mass is 9.96. The van der Waals surface area contributed by atoms with Gasteiger partial charge in [0.15, 0.2) is 11.3 Å². The van der Waals surface area contributed by atoms with Gasteiger partial charge in [-0.15, -0.1) is 0 Å². The van der Waals surface area contributed by atoms with E-state index in [9.17, 15) is 9.90 Å². The molecule has 1 atom stereocenters. The van der Waals surface area contributed by atoms with Crippen molar-refractivity contribution in [2.45, 2.75) is 38.6 Å². The molecule has 1 saturated heterocycles. The molecule has 1 fully saturated rings. The number of amides is 1. The van der Waals surface area contributed by atoms with Gasteiger partial charge in [0.05, 0.1) is 6.54 Å². The lowest BCUT2D eigenvalue weighted by molar-refractivity contribution is -0.129. The number of aliphatic hydroxyl groups is 1. The quantitative estimate of drug-likeness (QED) is 0.845. The van der Waals surface area contributed by atoms with Gasteiger partial charge in [-0.1, -0.05) is 6.07 Å². The Balaban J connectivity index is 2.25. The fourth-order valence-electron chi connectivity index (χ4n) is 1.77. The van der Waals surface area contributed by atoms with E-state index >= 15 is 0 Å². The molecule has 5 nitrogen and oxygen atoms in total. The highest BCUT2D eigenvalue weighted by molar-refractivity contribution is 5.72. The fourth-order valence-corrected chi connectivity index (χ4v) is 1.77. The highest BCUT2D eigenvalue weighted by atomic mass is 16.6. The fraction of sp³-hybridized carbons (Fsp3) is 0.500. The zero-order chi connectivity index (χ0) is 12.7. The van der Waals surface area contributed by atoms with Crippen LogP contribution in [-0.2, 0) is 11.3 Å². The van der Waals surface area contributed by atoms with Gasteiger partial charge in [-0.25, -0.2) is 4.79 Å². The third kappa shape index (κ3) is 1.86. The van der Waals surface area contributed by atoms with Crippen molar-refractivity contribution < 1.29 is 14.6 Å². The molecule has 2 heterocycles. The van der Waals surface area contributed by atoms with E-state index in [-0.39, 0.29) is 6.54 Å². The summed E-state index contributed by atoms with van der Waals surface area (Å²) >= 11 is 0. The van der Waals surface area contributed by atoms with Crippen molar-refractivity contribution in [1.29, 1.82) is 0 Å². The van der Waals surface area contributed by atoms with Gasteiger partial charge < -0.3 is 9.84 Å². The van der Waals surface area contributed by atoms with E-state index < -0.39 is 17.4 Å². The molecular weight excluding hydrogens is 220 g/mol. The third-order valence-electron chi connectivity index (χ3n) is 3.29. The molecule has 2 rings (SSSR count). The molecule has 0 saturated carbocycles. The molecule has 1 aliphatic rings. The van der Waals surface area contributed by atoms with E-state index in [0.29, 0.717) is 0 Å². The van der Waals surface area contributed by atoms with Gasteiger partial charge in [0.25, 0.3) is 0 Å². The molecule has 1 amide bonds. The normalized spacial score (nSPS) is 27.1. The third-order valence-corrected chi connectivity index (χ3v) is 3.29. The second-order valence-electron chi connectivity index (χ2n) is 4.85. The standard InChI is InChI=1S/C12H16N2O3/c1-11(2)12(3,16)14(10(15)17-11)8-9-5-4-6-13-7-9/h4-7,16H,8H2,1-3H3. The molecular formula is C12H16N2O3. The van der Waals surface area contributed by atoms with Gasteiger partial charge in [0, 0.05) is 12.4 Å². The Morgan fingerprint density at radius 2 is 2.18 bits per heavy atom. The van der Waals surface area contributed by atoms with Crippen molar-refractivity contribution >= 4 is 6.09 Å². The molecule has 5 heteroatoms. The van der Waals surface area contributed by atoms with Gasteiger partial charge >= 0.3 is 6.09 Å². The van der Waals surface area contributed by atoms with Crippen LogP contribution in [0.4, 0.5) is 4.79 Å². The number of hydrogen-bond acceptors (Lipinski definition) is 4. The first-order valence-electron chi connectivity index (χ1n) is 5.46. The van der Waals surface area contributed by atoms with E-state index in [0.717, 1.165) is 5.56 Å². The molecule has 1 aromatic heterocycles. The maximum absolute atomic E-state index is 11.7. The molecule has 0 radical (unpaired) electrons. The summed E-state index contributed by atoms with van der Waals surface area (Å²) in [6.45, 7) is 5.24. The SMILES string of the molecule is CC1(C)OC(=O)N(Cc2cccnc2)C1(C)O. The average molecular weight is 236 g/mol. The number of cyclic esters (lactones) is 1. The number of pyridine rings is 1. The topological polar surface area (TPSA) is 62.7 Å². The summed E-state index contributed by atoms with van der Waals surface area (Å²) in [5, 5.41) is 10.4. The van der Waals surface area contributed by atoms with Crippen molar-refractivity contribution in [3.8, 4) is 0 Å². The smallest absolute Gasteiger partial charge is 0.413 e. The van der Waals surface area contributed by atoms with Crippen LogP contribution in [0.3, 0.4) is 0 Å². The summed E-state index contributed by atoms with van der Waals surface area (Å²) in [5.74, 6) is 0. The van der Waals surface area contributed by atoms with Crippen LogP contribution in [0.2, 0.25) is 0 Å². The Morgan fingerprint density at radius 1 is 1.47 bits per heavy atom. The molecule has 1 aliphatic heterocycles. The van der Waals surface area contributed by atoms with Crippen molar-refractivity contribution in [2.24, 2.45) is 0 Å². The predicted octanol–water partition coefficient (Wildman–Crippen LogP) is 1.52. The van der Waals surface area contributed by atoms with Crippen LogP contribution < -0.4 is 0 Å². The van der Waals surface area contributed by atoms with Crippen LogP contribution in [0.1, 0.15) is 26.3 Å². The molecule has 1 N–H and O–H groups in total. The van der Waals surface area contributed by atoms with E-state index in [1.807, 2.05) is 6.07 Å². The number of aromatic nitrogens is 1. The first-order chi connectivity index (χ1) is 7.84. The summed E-state index contributed by atoms with van der Waals surface area (Å²) in [6.07, 6.45) is 2.81. The molecule has 0 aliphatic carbocycles. The number of carbonyl (C=O) groups is 1. The van der Waals surface area contributed by atoms with Gasteiger partial charge in [0.2, 0.25) is 0 Å². The molecule has 92 valence electrons. The second kappa shape index (κ2) is 3.70. The van der Waals surface area contributed by atoms with Crippen LogP contribution in [0.25, 0.3) is 0 Å². The maximum Gasteiger partial charge on any atom is 0.413 e. The highest BCUT2D eigenvalue weighted by Gasteiger charge is 2.56. The van der Waals surface area contributed by atoms with Crippen LogP contribution in [-0.4, -0.2) is 32.4 Å². The largest absolute Gasteiger partial charge is 0.438 e. The van der Waals surface area contributed by atoms with Gasteiger partial charge in [-0.3, -0.25) is 9.88 Å². The number of carbonyl (C=O) groups excluding carboxylic acids is 1. The van der Waals surface area contributed by atoms with Crippen molar-refractivity contribution in [3.05, 3.63) is 30.1 Å². The van der Waals surface area contributed by atoms with Crippen LogP contribution in [0, 0.1) is 0 Å². The highest BCUT2D eigenvalue weighted by Crippen LogP contribution is 2.37. The maximum atomic E-state index is 11.7. The number of hydrogen-bond donors (Lipinski definition) is 1. The Kier molecular flexibility index (Phi) is 2.58. The minimum atomic E-state index is -1.33. The Bertz CT molecular complexity index is 429. The number of nitrogens with zero attached hydrogens (tertiary/aromatic N) is 2. The van der Waals surface area contributed by atoms with Gasteiger partial charge in [0.1, 0.15) is 0 Å². The molecule has 0 aromatic carbocycles. The summed E-state index contributed by atoms with van der Waals surface area (Å²) in [4.78, 5) is 17.0. The zero-order valence-corrected chi connectivity index (χ0v) is 10.2. The second-order valence-corrected chi connectivity index (χ2v) is 4.85. The lowest BCUT2D eigenvalue weighted by Crippen LogP contribution is -2.53. The Morgan fingerprint density at radius 3 is 2.65 bits per heavy atom. The number of ether oxygens (including phenoxy) is 1. The lowest BCUT2D eigenvalue weighted by Gasteiger charge is -2.34. The van der Waals surface area contributed by atoms with E-state index in [2.05, 4.69) is 4.98 Å². The van der Waals surface area contributed by atoms with Gasteiger partial charge in [-0.2, -0.15) is 0 Å². The first kappa shape index (κ1) is 11.9. The van der Waals surface area contributed by atoms with E-state index in [4.69, 9.17) is 4.74 Å². The molecule has 1 aromatic rings. The monoisotopic (exact) mass is 236 g/mol. The minimum Gasteiger partial charge on any atom is -0.438 e. The van der Waals surface area contributed by atoms with Crippen molar-refractivity contribution in [2.75, 3.05) is 0 Å². The number of rotatable bonds is 2. The summed E-state index contributed by atoms with van der Waals surface area (Å²) in [7, 11) is 0. The van der Waals surface area contributed by atoms with Crippen molar-refractivity contribution in [3.63, 3.8) is 0 Å². The Hall–Kier alpha value is -1.62. The zero-order valence-electron chi connectivity index (χ0n) is 10.2. The van der Waals surface area contributed by atoms with E-state index in [1.165, 1.54) is 4.90 Å². The van der Waals surface area contributed by atoms with Gasteiger partial charge in [-0.05, 0) is 32.4 Å². The summed E-state index contributed by atoms with van der Waals surface area (Å²) in [5.41, 5.74) is -1.41. The molecule has 0 spiro atoms. The van der Waals surface area contributed by atoms with Crippen LogP contribution in [0.15, 0.2) is 24.5 Å². The molecule has 1 unspecified atom stereocenters. The predicted molar refractivity (Wildman–Crippen MR) is 61.0 cm³/mol.